The second kappa shape index (κ2) is 7.89. The van der Waals surface area contributed by atoms with Crippen molar-refractivity contribution in [3.63, 3.8) is 0 Å². The molecule has 1 aliphatic heterocycles. The van der Waals surface area contributed by atoms with E-state index in [-0.39, 0.29) is 0 Å². The molecule has 3 nitrogen and oxygen atoms in total. The van der Waals surface area contributed by atoms with Crippen molar-refractivity contribution < 1.29 is 0 Å². The Morgan fingerprint density at radius 2 is 2.17 bits per heavy atom. The molecule has 2 heterocycles. The Balaban J connectivity index is 1.52. The molecule has 0 unspecified atom stereocenters. The molecule has 18 heavy (non-hydrogen) atoms. The van der Waals surface area contributed by atoms with Crippen molar-refractivity contribution in [3.05, 3.63) is 22.4 Å². The van der Waals surface area contributed by atoms with Crippen LogP contribution < -0.4 is 5.32 Å². The Morgan fingerprint density at radius 3 is 3.00 bits per heavy atom. The summed E-state index contributed by atoms with van der Waals surface area (Å²) in [4.78, 5) is 5.02. The van der Waals surface area contributed by atoms with Crippen LogP contribution >= 0.6 is 11.3 Å². The molecule has 1 aromatic rings. The Hall–Kier alpha value is -0.420. The summed E-state index contributed by atoms with van der Waals surface area (Å²) < 4.78 is 0. The second-order valence-corrected chi connectivity index (χ2v) is 5.91. The molecule has 1 N–H and O–H groups in total. The molecule has 1 aliphatic rings. The maximum Gasteiger partial charge on any atom is 0.0110 e. The van der Waals surface area contributed by atoms with Gasteiger partial charge >= 0.3 is 0 Å². The van der Waals surface area contributed by atoms with Gasteiger partial charge in [-0.1, -0.05) is 0 Å². The first-order chi connectivity index (χ1) is 8.84. The summed E-state index contributed by atoms with van der Waals surface area (Å²) in [5, 5.41) is 7.95. The average Bonchev–Trinajstić information content (AvgIpc) is 2.79. The van der Waals surface area contributed by atoms with Gasteiger partial charge in [0.2, 0.25) is 0 Å². The molecule has 0 atom stereocenters. The van der Waals surface area contributed by atoms with E-state index in [9.17, 15) is 0 Å². The van der Waals surface area contributed by atoms with Gasteiger partial charge in [-0.25, -0.2) is 0 Å². The molecular formula is C14H25N3S. The Morgan fingerprint density at radius 1 is 1.22 bits per heavy atom. The zero-order chi connectivity index (χ0) is 12.6. The molecule has 0 amide bonds. The van der Waals surface area contributed by atoms with Crippen molar-refractivity contribution in [2.75, 3.05) is 52.9 Å². The predicted molar refractivity (Wildman–Crippen MR) is 79.4 cm³/mol. The quantitative estimate of drug-likeness (QED) is 0.789. The maximum atomic E-state index is 3.55. The van der Waals surface area contributed by atoms with Gasteiger partial charge < -0.3 is 15.1 Å². The zero-order valence-electron chi connectivity index (χ0n) is 11.4. The fourth-order valence-electron chi connectivity index (χ4n) is 2.35. The molecule has 0 spiro atoms. The summed E-state index contributed by atoms with van der Waals surface area (Å²) in [6.45, 7) is 8.37. The molecule has 1 saturated heterocycles. The van der Waals surface area contributed by atoms with Gasteiger partial charge in [-0.05, 0) is 61.9 Å². The summed E-state index contributed by atoms with van der Waals surface area (Å²) in [6, 6.07) is 2.22. The number of likely N-dealkylation sites (N-methyl/N-ethyl adjacent to an activating group) is 1. The molecule has 0 radical (unpaired) electrons. The Kier molecular flexibility index (Phi) is 6.14. The van der Waals surface area contributed by atoms with Gasteiger partial charge in [-0.2, -0.15) is 11.3 Å². The van der Waals surface area contributed by atoms with Crippen LogP contribution in [0.3, 0.4) is 0 Å². The van der Waals surface area contributed by atoms with Crippen LogP contribution in [-0.2, 0) is 6.42 Å². The molecule has 1 fully saturated rings. The lowest BCUT2D eigenvalue weighted by atomic mass is 10.2. The Labute approximate surface area is 115 Å². The molecular weight excluding hydrogens is 242 g/mol. The summed E-state index contributed by atoms with van der Waals surface area (Å²) >= 11 is 1.79. The van der Waals surface area contributed by atoms with Gasteiger partial charge in [0.15, 0.2) is 0 Å². The summed E-state index contributed by atoms with van der Waals surface area (Å²) in [7, 11) is 2.22. The van der Waals surface area contributed by atoms with E-state index < -0.39 is 0 Å². The van der Waals surface area contributed by atoms with Crippen LogP contribution in [0.5, 0.6) is 0 Å². The smallest absolute Gasteiger partial charge is 0.0110 e. The van der Waals surface area contributed by atoms with E-state index in [1.165, 1.54) is 44.7 Å². The monoisotopic (exact) mass is 267 g/mol. The largest absolute Gasteiger partial charge is 0.315 e. The first-order valence-electron chi connectivity index (χ1n) is 6.97. The molecule has 102 valence electrons. The summed E-state index contributed by atoms with van der Waals surface area (Å²) in [5.41, 5.74) is 1.46. The Bertz CT molecular complexity index is 313. The van der Waals surface area contributed by atoms with Crippen LogP contribution in [0.25, 0.3) is 0 Å². The lowest BCUT2D eigenvalue weighted by molar-refractivity contribution is 0.276. The van der Waals surface area contributed by atoms with Crippen molar-refractivity contribution in [1.82, 2.24) is 15.1 Å². The van der Waals surface area contributed by atoms with Crippen LogP contribution in [0.4, 0.5) is 0 Å². The number of rotatable bonds is 6. The zero-order valence-corrected chi connectivity index (χ0v) is 12.2. The molecule has 0 aliphatic carbocycles. The fourth-order valence-corrected chi connectivity index (χ4v) is 3.06. The standard InChI is InChI=1S/C14H25N3S/c1-16-7-2-8-17(11-10-16)9-6-15-5-3-14-4-12-18-13-14/h4,12-13,15H,2-3,5-11H2,1H3. The van der Waals surface area contributed by atoms with Crippen LogP contribution in [0.1, 0.15) is 12.0 Å². The molecule has 0 saturated carbocycles. The van der Waals surface area contributed by atoms with Gasteiger partial charge in [0.25, 0.3) is 0 Å². The van der Waals surface area contributed by atoms with Crippen molar-refractivity contribution in [2.45, 2.75) is 12.8 Å². The topological polar surface area (TPSA) is 18.5 Å². The third-order valence-corrected chi connectivity index (χ3v) is 4.32. The first-order valence-corrected chi connectivity index (χ1v) is 7.91. The van der Waals surface area contributed by atoms with E-state index in [4.69, 9.17) is 0 Å². The van der Waals surface area contributed by atoms with Crippen LogP contribution in [0, 0.1) is 0 Å². The minimum absolute atomic E-state index is 1.10. The van der Waals surface area contributed by atoms with Gasteiger partial charge in [0.1, 0.15) is 0 Å². The van der Waals surface area contributed by atoms with E-state index in [1.807, 2.05) is 0 Å². The lowest BCUT2D eigenvalue weighted by Crippen LogP contribution is -2.35. The van der Waals surface area contributed by atoms with Crippen molar-refractivity contribution in [3.8, 4) is 0 Å². The van der Waals surface area contributed by atoms with Crippen molar-refractivity contribution in [1.29, 1.82) is 0 Å². The number of nitrogens with one attached hydrogen (secondary N) is 1. The normalized spacial score (nSPS) is 18.9. The highest BCUT2D eigenvalue weighted by Crippen LogP contribution is 2.05. The minimum atomic E-state index is 1.10. The van der Waals surface area contributed by atoms with Gasteiger partial charge in [0.05, 0.1) is 0 Å². The van der Waals surface area contributed by atoms with Crippen LogP contribution in [-0.4, -0.2) is 62.7 Å². The van der Waals surface area contributed by atoms with Crippen LogP contribution in [0.15, 0.2) is 16.8 Å². The molecule has 4 heteroatoms. The maximum absolute atomic E-state index is 3.55. The van der Waals surface area contributed by atoms with Gasteiger partial charge in [-0.3, -0.25) is 0 Å². The SMILES string of the molecule is CN1CCCN(CCNCCc2ccsc2)CC1. The van der Waals surface area contributed by atoms with E-state index in [0.717, 1.165) is 19.5 Å². The van der Waals surface area contributed by atoms with Crippen molar-refractivity contribution >= 4 is 11.3 Å². The highest BCUT2D eigenvalue weighted by molar-refractivity contribution is 7.07. The van der Waals surface area contributed by atoms with E-state index in [2.05, 4.69) is 39.0 Å². The molecule has 0 bridgehead atoms. The third kappa shape index (κ3) is 5.06. The number of hydrogen-bond donors (Lipinski definition) is 1. The highest BCUT2D eigenvalue weighted by atomic mass is 32.1. The summed E-state index contributed by atoms with van der Waals surface area (Å²) in [5.74, 6) is 0. The third-order valence-electron chi connectivity index (χ3n) is 3.59. The van der Waals surface area contributed by atoms with E-state index >= 15 is 0 Å². The number of nitrogens with zero attached hydrogens (tertiary/aromatic N) is 2. The van der Waals surface area contributed by atoms with Gasteiger partial charge in [0, 0.05) is 26.2 Å². The fraction of sp³-hybridized carbons (Fsp3) is 0.714. The minimum Gasteiger partial charge on any atom is -0.315 e. The van der Waals surface area contributed by atoms with Crippen LogP contribution in [0.2, 0.25) is 0 Å². The molecule has 1 aromatic heterocycles. The van der Waals surface area contributed by atoms with Crippen molar-refractivity contribution in [2.24, 2.45) is 0 Å². The molecule has 0 aromatic carbocycles. The van der Waals surface area contributed by atoms with E-state index in [1.54, 1.807) is 11.3 Å². The number of thiophene rings is 1. The first kappa shape index (κ1) is 14.0. The van der Waals surface area contributed by atoms with Gasteiger partial charge in [-0.15, -0.1) is 0 Å². The predicted octanol–water partition coefficient (Wildman–Crippen LogP) is 1.52. The lowest BCUT2D eigenvalue weighted by Gasteiger charge is -2.20. The summed E-state index contributed by atoms with van der Waals surface area (Å²) in [6.07, 6.45) is 2.47. The average molecular weight is 267 g/mol. The van der Waals surface area contributed by atoms with E-state index in [0.29, 0.717) is 0 Å². The molecule has 2 rings (SSSR count). The second-order valence-electron chi connectivity index (χ2n) is 5.13. The highest BCUT2D eigenvalue weighted by Gasteiger charge is 2.10. The number of hydrogen-bond acceptors (Lipinski definition) is 4.